The molecular weight excluding hydrogens is 306 g/mol. The number of aromatic amines is 1. The summed E-state index contributed by atoms with van der Waals surface area (Å²) in [7, 11) is 0. The number of carbonyl (C=O) groups is 1. The van der Waals surface area contributed by atoms with E-state index in [1.807, 2.05) is 32.0 Å². The number of amides is 1. The predicted molar refractivity (Wildman–Crippen MR) is 86.0 cm³/mol. The SMILES string of the molecule is CC(C)c1[nH]nc2c1C1(C(=O)Nc3ccccc31)C(C#N)C(=N)O2. The van der Waals surface area contributed by atoms with Gasteiger partial charge in [-0.15, -0.1) is 5.10 Å². The number of nitrogens with one attached hydrogen (secondary N) is 3. The standard InChI is InChI=1S/C17H15N5O2/c1-8(2)13-12-15(22-21-13)24-14(19)10(7-18)17(12)9-5-3-4-6-11(9)20-16(17)23/h3-6,8,10,19H,1-2H3,(H,20,23)(H,21,22). The number of para-hydroxylation sites is 1. The smallest absolute Gasteiger partial charge is 0.244 e. The zero-order chi connectivity index (χ0) is 17.1. The largest absolute Gasteiger partial charge is 0.422 e. The van der Waals surface area contributed by atoms with Crippen molar-refractivity contribution >= 4 is 17.5 Å². The van der Waals surface area contributed by atoms with Gasteiger partial charge in [-0.05, 0) is 17.5 Å². The Morgan fingerprint density at radius 2 is 2.17 bits per heavy atom. The minimum absolute atomic E-state index is 0.0499. The van der Waals surface area contributed by atoms with Gasteiger partial charge in [-0.2, -0.15) is 5.26 Å². The van der Waals surface area contributed by atoms with Crippen molar-refractivity contribution in [2.75, 3.05) is 5.32 Å². The number of nitrogens with zero attached hydrogens (tertiary/aromatic N) is 2. The van der Waals surface area contributed by atoms with Gasteiger partial charge in [0.2, 0.25) is 17.7 Å². The number of rotatable bonds is 1. The molecule has 0 bridgehead atoms. The zero-order valence-electron chi connectivity index (χ0n) is 13.2. The van der Waals surface area contributed by atoms with Crippen LogP contribution in [0.5, 0.6) is 5.88 Å². The van der Waals surface area contributed by atoms with Crippen molar-refractivity contribution in [2.24, 2.45) is 5.92 Å². The highest BCUT2D eigenvalue weighted by molar-refractivity contribution is 6.13. The van der Waals surface area contributed by atoms with E-state index >= 15 is 0 Å². The lowest BCUT2D eigenvalue weighted by Gasteiger charge is -2.36. The molecular formula is C17H15N5O2. The number of ether oxygens (including phenoxy) is 1. The first kappa shape index (κ1) is 14.5. The Morgan fingerprint density at radius 1 is 1.42 bits per heavy atom. The maximum Gasteiger partial charge on any atom is 0.244 e. The molecule has 0 fully saturated rings. The maximum absolute atomic E-state index is 13.1. The van der Waals surface area contributed by atoms with Crippen molar-refractivity contribution in [2.45, 2.75) is 25.2 Å². The minimum Gasteiger partial charge on any atom is -0.422 e. The van der Waals surface area contributed by atoms with Crippen molar-refractivity contribution in [3.05, 3.63) is 41.1 Å². The van der Waals surface area contributed by atoms with E-state index in [9.17, 15) is 10.1 Å². The van der Waals surface area contributed by atoms with Crippen LogP contribution in [0.2, 0.25) is 0 Å². The molecule has 0 aliphatic carbocycles. The number of hydrogen-bond acceptors (Lipinski definition) is 5. The number of aromatic nitrogens is 2. The fourth-order valence-corrected chi connectivity index (χ4v) is 3.68. The predicted octanol–water partition coefficient (Wildman–Crippen LogP) is 2.28. The van der Waals surface area contributed by atoms with E-state index in [2.05, 4.69) is 21.6 Å². The molecule has 1 amide bonds. The number of carbonyl (C=O) groups excluding carboxylic acids is 1. The van der Waals surface area contributed by atoms with E-state index in [4.69, 9.17) is 10.1 Å². The molecule has 7 heteroatoms. The Hall–Kier alpha value is -3.14. The molecule has 0 saturated carbocycles. The van der Waals surface area contributed by atoms with Crippen LogP contribution < -0.4 is 10.1 Å². The first-order chi connectivity index (χ1) is 11.5. The highest BCUT2D eigenvalue weighted by Crippen LogP contribution is 2.54. The molecule has 3 heterocycles. The Balaban J connectivity index is 2.14. The summed E-state index contributed by atoms with van der Waals surface area (Å²) in [6.07, 6.45) is 0. The number of anilines is 1. The van der Waals surface area contributed by atoms with E-state index in [0.29, 0.717) is 16.8 Å². The van der Waals surface area contributed by atoms with Crippen LogP contribution in [-0.4, -0.2) is 22.0 Å². The minimum atomic E-state index is -1.32. The van der Waals surface area contributed by atoms with Crippen LogP contribution in [0.1, 0.15) is 36.6 Å². The number of fused-ring (bicyclic) bond motifs is 4. The van der Waals surface area contributed by atoms with Crippen LogP contribution in [0.15, 0.2) is 24.3 Å². The van der Waals surface area contributed by atoms with Crippen LogP contribution in [0.3, 0.4) is 0 Å². The molecule has 0 radical (unpaired) electrons. The third-order valence-electron chi connectivity index (χ3n) is 4.72. The van der Waals surface area contributed by atoms with Crippen molar-refractivity contribution < 1.29 is 9.53 Å². The van der Waals surface area contributed by atoms with Crippen LogP contribution in [0.4, 0.5) is 5.69 Å². The van der Waals surface area contributed by atoms with Gasteiger partial charge < -0.3 is 10.1 Å². The molecule has 0 saturated heterocycles. The number of hydrogen-bond donors (Lipinski definition) is 3. The molecule has 24 heavy (non-hydrogen) atoms. The number of benzene rings is 1. The lowest BCUT2D eigenvalue weighted by molar-refractivity contribution is -0.120. The van der Waals surface area contributed by atoms with E-state index in [0.717, 1.165) is 5.69 Å². The summed E-state index contributed by atoms with van der Waals surface area (Å²) >= 11 is 0. The third kappa shape index (κ3) is 1.52. The molecule has 2 aliphatic heterocycles. The second-order valence-electron chi connectivity index (χ2n) is 6.31. The second kappa shape index (κ2) is 4.68. The Morgan fingerprint density at radius 3 is 2.88 bits per heavy atom. The summed E-state index contributed by atoms with van der Waals surface area (Å²) in [5.74, 6) is -1.40. The summed E-state index contributed by atoms with van der Waals surface area (Å²) in [6.45, 7) is 3.95. The average Bonchev–Trinajstić information content (AvgIpc) is 3.08. The molecule has 1 aromatic carbocycles. The van der Waals surface area contributed by atoms with Crippen molar-refractivity contribution in [3.63, 3.8) is 0 Å². The van der Waals surface area contributed by atoms with E-state index in [1.54, 1.807) is 6.07 Å². The third-order valence-corrected chi connectivity index (χ3v) is 4.72. The molecule has 120 valence electrons. The van der Waals surface area contributed by atoms with Gasteiger partial charge in [0.25, 0.3) is 0 Å². The monoisotopic (exact) mass is 321 g/mol. The van der Waals surface area contributed by atoms with Gasteiger partial charge in [-0.3, -0.25) is 15.3 Å². The summed E-state index contributed by atoms with van der Waals surface area (Å²) in [4.78, 5) is 13.1. The quantitative estimate of drug-likeness (QED) is 0.747. The van der Waals surface area contributed by atoms with E-state index in [-0.39, 0.29) is 23.6 Å². The molecule has 2 aromatic rings. The van der Waals surface area contributed by atoms with Gasteiger partial charge in [0.1, 0.15) is 11.3 Å². The first-order valence-electron chi connectivity index (χ1n) is 7.67. The Bertz CT molecular complexity index is 923. The van der Waals surface area contributed by atoms with Gasteiger partial charge in [-0.1, -0.05) is 32.0 Å². The molecule has 1 spiro atoms. The fourth-order valence-electron chi connectivity index (χ4n) is 3.68. The van der Waals surface area contributed by atoms with Gasteiger partial charge in [0.15, 0.2) is 0 Å². The number of nitriles is 1. The van der Waals surface area contributed by atoms with Gasteiger partial charge in [-0.25, -0.2) is 0 Å². The zero-order valence-corrected chi connectivity index (χ0v) is 13.2. The molecule has 3 N–H and O–H groups in total. The summed E-state index contributed by atoms with van der Waals surface area (Å²) < 4.78 is 5.45. The van der Waals surface area contributed by atoms with Crippen LogP contribution >= 0.6 is 0 Å². The van der Waals surface area contributed by atoms with Crippen LogP contribution in [-0.2, 0) is 10.2 Å². The molecule has 2 aliphatic rings. The lowest BCUT2D eigenvalue weighted by atomic mass is 9.65. The van der Waals surface area contributed by atoms with Crippen LogP contribution in [0, 0.1) is 22.7 Å². The molecule has 1 aromatic heterocycles. The summed E-state index contributed by atoms with van der Waals surface area (Å²) in [6, 6.07) is 9.36. The summed E-state index contributed by atoms with van der Waals surface area (Å²) in [5.41, 5.74) is 1.31. The highest BCUT2D eigenvalue weighted by atomic mass is 16.5. The molecule has 4 rings (SSSR count). The first-order valence-corrected chi connectivity index (χ1v) is 7.67. The molecule has 7 nitrogen and oxygen atoms in total. The highest BCUT2D eigenvalue weighted by Gasteiger charge is 2.61. The average molecular weight is 321 g/mol. The second-order valence-corrected chi connectivity index (χ2v) is 6.31. The van der Waals surface area contributed by atoms with E-state index in [1.165, 1.54) is 0 Å². The molecule has 2 unspecified atom stereocenters. The van der Waals surface area contributed by atoms with Gasteiger partial charge in [0.05, 0.1) is 11.6 Å². The summed E-state index contributed by atoms with van der Waals surface area (Å²) in [5, 5.41) is 27.8. The fraction of sp³-hybridized carbons (Fsp3) is 0.294. The van der Waals surface area contributed by atoms with Gasteiger partial charge >= 0.3 is 0 Å². The van der Waals surface area contributed by atoms with Crippen molar-refractivity contribution in [3.8, 4) is 11.9 Å². The topological polar surface area (TPSA) is 115 Å². The Kier molecular flexibility index (Phi) is 2.82. The van der Waals surface area contributed by atoms with Crippen LogP contribution in [0.25, 0.3) is 0 Å². The van der Waals surface area contributed by atoms with Crippen molar-refractivity contribution in [1.29, 1.82) is 10.7 Å². The lowest BCUT2D eigenvalue weighted by Crippen LogP contribution is -2.50. The van der Waals surface area contributed by atoms with E-state index < -0.39 is 11.3 Å². The normalized spacial score (nSPS) is 24.3. The van der Waals surface area contributed by atoms with Gasteiger partial charge in [0, 0.05) is 11.4 Å². The molecule has 2 atom stereocenters. The Labute approximate surface area is 138 Å². The number of H-pyrrole nitrogens is 1. The van der Waals surface area contributed by atoms with Crippen molar-refractivity contribution in [1.82, 2.24) is 10.2 Å². The maximum atomic E-state index is 13.1.